The number of fused-ring (bicyclic) bond motifs is 1. The summed E-state index contributed by atoms with van der Waals surface area (Å²) in [6.07, 6.45) is 0. The van der Waals surface area contributed by atoms with Gasteiger partial charge in [0.25, 0.3) is 0 Å². The van der Waals surface area contributed by atoms with E-state index in [1.165, 1.54) is 0 Å². The third-order valence-corrected chi connectivity index (χ3v) is 1.63. The van der Waals surface area contributed by atoms with Crippen molar-refractivity contribution in [2.75, 3.05) is 0 Å². The van der Waals surface area contributed by atoms with Gasteiger partial charge in [-0.25, -0.2) is 4.98 Å². The number of rotatable bonds is 0. The van der Waals surface area contributed by atoms with E-state index >= 15 is 0 Å². The van der Waals surface area contributed by atoms with Gasteiger partial charge in [-0.1, -0.05) is 6.07 Å². The molecule has 3 heteroatoms. The quantitative estimate of drug-likeness (QED) is 0.638. The fourth-order valence-electron chi connectivity index (χ4n) is 1.12. The Balaban J connectivity index is 2.72. The Hall–Kier alpha value is -1.82. The van der Waals surface area contributed by atoms with Gasteiger partial charge in [-0.05, 0) is 19.0 Å². The summed E-state index contributed by atoms with van der Waals surface area (Å²) in [5.74, 6) is -0.0831. The van der Waals surface area contributed by atoms with Crippen molar-refractivity contribution >= 4 is 11.0 Å². The number of hydrogen-bond donors (Lipinski definition) is 1. The summed E-state index contributed by atoms with van der Waals surface area (Å²) >= 11 is 0. The van der Waals surface area contributed by atoms with E-state index in [-0.39, 0.29) is 5.82 Å². The third kappa shape index (κ3) is 0.857. The molecule has 1 aromatic carbocycles. The van der Waals surface area contributed by atoms with Crippen LogP contribution in [0, 0.1) is 18.2 Å². The summed E-state index contributed by atoms with van der Waals surface area (Å²) < 4.78 is 21.6. The van der Waals surface area contributed by atoms with E-state index < -0.39 is 6.85 Å². The van der Waals surface area contributed by atoms with Crippen molar-refractivity contribution in [1.29, 1.82) is 5.26 Å². The van der Waals surface area contributed by atoms with Crippen LogP contribution in [0.25, 0.3) is 11.0 Å². The molecule has 12 heavy (non-hydrogen) atoms. The largest absolute Gasteiger partial charge is 0.342 e. The number of aromatic amines is 1. The van der Waals surface area contributed by atoms with Crippen molar-refractivity contribution in [3.63, 3.8) is 0 Å². The maximum atomic E-state index is 8.80. The predicted octanol–water partition coefficient (Wildman–Crippen LogP) is 1.74. The Morgan fingerprint density at radius 2 is 2.58 bits per heavy atom. The fourth-order valence-corrected chi connectivity index (χ4v) is 1.12. The van der Waals surface area contributed by atoms with Gasteiger partial charge in [-0.2, -0.15) is 5.26 Å². The second kappa shape index (κ2) is 2.35. The number of nitrogens with zero attached hydrogens (tertiary/aromatic N) is 2. The molecule has 1 aromatic heterocycles. The second-order valence-electron chi connectivity index (χ2n) is 2.40. The fraction of sp³-hybridized carbons (Fsp3) is 0.111. The second-order valence-corrected chi connectivity index (χ2v) is 2.40. The molecule has 0 aliphatic carbocycles. The molecular weight excluding hydrogens is 150 g/mol. The third-order valence-electron chi connectivity index (χ3n) is 1.63. The molecule has 1 heterocycles. The van der Waals surface area contributed by atoms with Gasteiger partial charge in [0, 0.05) is 4.11 Å². The molecule has 0 spiro atoms. The smallest absolute Gasteiger partial charge is 0.106 e. The molecule has 0 fully saturated rings. The van der Waals surface area contributed by atoms with E-state index in [1.54, 1.807) is 18.2 Å². The van der Waals surface area contributed by atoms with Crippen LogP contribution in [0.5, 0.6) is 0 Å². The molecule has 0 saturated carbocycles. The topological polar surface area (TPSA) is 52.5 Å². The Bertz CT molecular complexity index is 548. The maximum absolute atomic E-state index is 8.80. The van der Waals surface area contributed by atoms with Crippen molar-refractivity contribution in [2.24, 2.45) is 0 Å². The van der Waals surface area contributed by atoms with Crippen LogP contribution >= 0.6 is 0 Å². The molecular formula is C9H7N3. The molecule has 0 unspecified atom stereocenters. The molecule has 2 rings (SSSR count). The minimum atomic E-state index is -2.27. The predicted molar refractivity (Wildman–Crippen MR) is 45.5 cm³/mol. The van der Waals surface area contributed by atoms with Crippen molar-refractivity contribution in [3.8, 4) is 6.07 Å². The molecule has 0 aliphatic heterocycles. The summed E-state index contributed by atoms with van der Waals surface area (Å²) in [7, 11) is 0. The first-order valence-electron chi connectivity index (χ1n) is 4.91. The van der Waals surface area contributed by atoms with E-state index in [0.29, 0.717) is 16.6 Å². The Morgan fingerprint density at radius 3 is 3.33 bits per heavy atom. The lowest BCUT2D eigenvalue weighted by Gasteiger charge is -1.88. The summed E-state index contributed by atoms with van der Waals surface area (Å²) in [4.78, 5) is 6.60. The van der Waals surface area contributed by atoms with Crippen molar-refractivity contribution in [1.82, 2.24) is 9.97 Å². The summed E-state index contributed by atoms with van der Waals surface area (Å²) in [6, 6.07) is 6.95. The van der Waals surface area contributed by atoms with Gasteiger partial charge >= 0.3 is 0 Å². The van der Waals surface area contributed by atoms with Crippen LogP contribution in [0.2, 0.25) is 0 Å². The zero-order valence-corrected chi connectivity index (χ0v) is 6.13. The monoisotopic (exact) mass is 160 g/mol. The Labute approximate surface area is 73.9 Å². The number of H-pyrrole nitrogens is 1. The van der Waals surface area contributed by atoms with Crippen LogP contribution in [0.15, 0.2) is 18.2 Å². The summed E-state index contributed by atoms with van der Waals surface area (Å²) in [5, 5.41) is 8.80. The minimum absolute atomic E-state index is 0.0831. The van der Waals surface area contributed by atoms with E-state index in [1.807, 2.05) is 6.07 Å². The molecule has 3 nitrogen and oxygen atoms in total. The van der Waals surface area contributed by atoms with Crippen LogP contribution in [0.1, 0.15) is 15.5 Å². The normalized spacial score (nSPS) is 14.8. The number of para-hydroxylation sites is 1. The van der Waals surface area contributed by atoms with Gasteiger partial charge in [0.1, 0.15) is 17.4 Å². The lowest BCUT2D eigenvalue weighted by Crippen LogP contribution is -1.76. The molecule has 58 valence electrons. The van der Waals surface area contributed by atoms with Gasteiger partial charge < -0.3 is 4.98 Å². The van der Waals surface area contributed by atoms with Gasteiger partial charge in [0.15, 0.2) is 0 Å². The van der Waals surface area contributed by atoms with Crippen molar-refractivity contribution < 1.29 is 4.11 Å². The summed E-state index contributed by atoms with van der Waals surface area (Å²) in [6.45, 7) is -2.27. The molecule has 0 amide bonds. The highest BCUT2D eigenvalue weighted by Crippen LogP contribution is 2.14. The van der Waals surface area contributed by atoms with Crippen LogP contribution in [-0.4, -0.2) is 9.97 Å². The Kier molecular flexibility index (Phi) is 0.834. The molecule has 2 aromatic rings. The molecule has 0 saturated heterocycles. The number of aryl methyl sites for hydroxylation is 1. The van der Waals surface area contributed by atoms with Gasteiger partial charge in [0.05, 0.1) is 11.1 Å². The highest BCUT2D eigenvalue weighted by Gasteiger charge is 2.02. The SMILES string of the molecule is [2H]C([2H])([2H])c1nc2c(C#N)cccc2[nH]1. The van der Waals surface area contributed by atoms with E-state index in [2.05, 4.69) is 9.97 Å². The lowest BCUT2D eigenvalue weighted by atomic mass is 10.2. The van der Waals surface area contributed by atoms with Crippen LogP contribution in [0.4, 0.5) is 0 Å². The standard InChI is InChI=1S/C9H7N3/c1-6-11-8-4-2-3-7(5-10)9(8)12-6/h2-4H,1H3,(H,11,12)/i1D3. The van der Waals surface area contributed by atoms with Crippen LogP contribution < -0.4 is 0 Å². The number of benzene rings is 1. The molecule has 1 N–H and O–H groups in total. The summed E-state index contributed by atoms with van der Waals surface area (Å²) in [5.41, 5.74) is 1.35. The first kappa shape index (κ1) is 4.27. The first-order chi connectivity index (χ1) is 7.02. The van der Waals surface area contributed by atoms with Gasteiger partial charge in [-0.3, -0.25) is 0 Å². The lowest BCUT2D eigenvalue weighted by molar-refractivity contribution is 1.17. The number of imidazole rings is 1. The van der Waals surface area contributed by atoms with Crippen LogP contribution in [0.3, 0.4) is 0 Å². The van der Waals surface area contributed by atoms with Crippen molar-refractivity contribution in [3.05, 3.63) is 29.6 Å². The molecule has 0 bridgehead atoms. The molecule has 0 aliphatic rings. The first-order valence-corrected chi connectivity index (χ1v) is 3.41. The highest BCUT2D eigenvalue weighted by atomic mass is 14.9. The Morgan fingerprint density at radius 1 is 1.67 bits per heavy atom. The molecule has 0 atom stereocenters. The van der Waals surface area contributed by atoms with E-state index in [0.717, 1.165) is 0 Å². The zero-order valence-electron chi connectivity index (χ0n) is 9.13. The highest BCUT2D eigenvalue weighted by molar-refractivity contribution is 5.81. The number of aromatic nitrogens is 2. The average Bonchev–Trinajstić information content (AvgIpc) is 2.59. The van der Waals surface area contributed by atoms with E-state index in [9.17, 15) is 0 Å². The average molecular weight is 160 g/mol. The zero-order chi connectivity index (χ0) is 11.1. The van der Waals surface area contributed by atoms with Crippen molar-refractivity contribution in [2.45, 2.75) is 6.85 Å². The maximum Gasteiger partial charge on any atom is 0.106 e. The number of nitriles is 1. The van der Waals surface area contributed by atoms with E-state index in [4.69, 9.17) is 9.37 Å². The molecule has 0 radical (unpaired) electrons. The van der Waals surface area contributed by atoms with Crippen LogP contribution in [-0.2, 0) is 0 Å². The van der Waals surface area contributed by atoms with Gasteiger partial charge in [0.2, 0.25) is 0 Å². The number of nitrogens with one attached hydrogen (secondary N) is 1. The number of hydrogen-bond acceptors (Lipinski definition) is 2. The minimum Gasteiger partial charge on any atom is -0.342 e. The van der Waals surface area contributed by atoms with Gasteiger partial charge in [-0.15, -0.1) is 0 Å².